The third-order valence-corrected chi connectivity index (χ3v) is 3.44. The monoisotopic (exact) mass is 332 g/mol. The van der Waals surface area contributed by atoms with Gasteiger partial charge in [-0.25, -0.2) is 4.98 Å². The van der Waals surface area contributed by atoms with Crippen LogP contribution < -0.4 is 5.32 Å². The molecule has 1 rings (SSSR count). The molecule has 0 aliphatic heterocycles. The summed E-state index contributed by atoms with van der Waals surface area (Å²) >= 11 is 9.26. The van der Waals surface area contributed by atoms with Gasteiger partial charge in [0.1, 0.15) is 0 Å². The third kappa shape index (κ3) is 4.58. The summed E-state index contributed by atoms with van der Waals surface area (Å²) in [6.07, 6.45) is 5.41. The minimum absolute atomic E-state index is 0.0282. The van der Waals surface area contributed by atoms with Gasteiger partial charge in [0.2, 0.25) is 5.91 Å². The highest BCUT2D eigenvalue weighted by atomic mass is 79.9. The number of pyridine rings is 1. The number of halogens is 2. The second kappa shape index (κ2) is 7.74. The van der Waals surface area contributed by atoms with E-state index in [4.69, 9.17) is 11.6 Å². The summed E-state index contributed by atoms with van der Waals surface area (Å²) in [5, 5.41) is 3.18. The average molecular weight is 334 g/mol. The maximum atomic E-state index is 12.1. The highest BCUT2D eigenvalue weighted by Gasteiger charge is 2.17. The van der Waals surface area contributed by atoms with Crippen LogP contribution in [0.2, 0.25) is 5.15 Å². The van der Waals surface area contributed by atoms with Crippen LogP contribution in [0, 0.1) is 5.92 Å². The van der Waals surface area contributed by atoms with Gasteiger partial charge in [-0.15, -0.1) is 0 Å². The number of nitrogens with zero attached hydrogens (tertiary/aromatic N) is 1. The zero-order chi connectivity index (χ0) is 13.5. The highest BCUT2D eigenvalue weighted by Crippen LogP contribution is 2.24. The molecule has 100 valence electrons. The van der Waals surface area contributed by atoms with E-state index in [1.165, 1.54) is 0 Å². The number of nitrogens with one attached hydrogen (secondary N) is 1. The Kier molecular flexibility index (Phi) is 6.65. The molecule has 0 aliphatic carbocycles. The van der Waals surface area contributed by atoms with Crippen LogP contribution in [-0.4, -0.2) is 10.9 Å². The van der Waals surface area contributed by atoms with Crippen molar-refractivity contribution in [2.24, 2.45) is 5.92 Å². The van der Waals surface area contributed by atoms with Crippen molar-refractivity contribution in [3.63, 3.8) is 0 Å². The lowest BCUT2D eigenvalue weighted by atomic mass is 9.97. The van der Waals surface area contributed by atoms with Crippen LogP contribution in [0.1, 0.15) is 39.5 Å². The Balaban J connectivity index is 2.75. The summed E-state index contributed by atoms with van der Waals surface area (Å²) < 4.78 is 0.796. The molecule has 0 atom stereocenters. The zero-order valence-electron chi connectivity index (χ0n) is 10.7. The molecular weight excluding hydrogens is 316 g/mol. The molecule has 0 fully saturated rings. The zero-order valence-corrected chi connectivity index (χ0v) is 13.0. The van der Waals surface area contributed by atoms with Gasteiger partial charge in [-0.05, 0) is 34.8 Å². The molecule has 0 saturated carbocycles. The Hall–Kier alpha value is -0.610. The summed E-state index contributed by atoms with van der Waals surface area (Å²) in [5.74, 6) is 0.0792. The maximum absolute atomic E-state index is 12.1. The summed E-state index contributed by atoms with van der Waals surface area (Å²) in [4.78, 5) is 16.1. The van der Waals surface area contributed by atoms with E-state index >= 15 is 0 Å². The van der Waals surface area contributed by atoms with E-state index in [0.717, 1.165) is 30.2 Å². The molecule has 1 aromatic rings. The van der Waals surface area contributed by atoms with Crippen LogP contribution in [0.5, 0.6) is 0 Å². The van der Waals surface area contributed by atoms with Gasteiger partial charge in [-0.1, -0.05) is 38.3 Å². The SMILES string of the molecule is CCCC(CCC)C(=O)Nc1cc(Br)cnc1Cl. The lowest BCUT2D eigenvalue weighted by molar-refractivity contribution is -0.120. The first-order valence-electron chi connectivity index (χ1n) is 6.20. The summed E-state index contributed by atoms with van der Waals surface area (Å²) in [6, 6.07) is 1.77. The van der Waals surface area contributed by atoms with E-state index in [2.05, 4.69) is 40.1 Å². The molecular formula is C13H18BrClN2O. The van der Waals surface area contributed by atoms with Gasteiger partial charge in [0.25, 0.3) is 0 Å². The third-order valence-electron chi connectivity index (χ3n) is 2.71. The van der Waals surface area contributed by atoms with Gasteiger partial charge in [0.05, 0.1) is 5.69 Å². The molecule has 0 saturated heterocycles. The Bertz CT molecular complexity index is 406. The van der Waals surface area contributed by atoms with E-state index in [1.807, 2.05) is 0 Å². The number of amides is 1. The van der Waals surface area contributed by atoms with Gasteiger partial charge < -0.3 is 5.32 Å². The molecule has 1 heterocycles. The number of hydrogen-bond acceptors (Lipinski definition) is 2. The number of carbonyl (C=O) groups is 1. The van der Waals surface area contributed by atoms with Gasteiger partial charge >= 0.3 is 0 Å². The predicted octanol–water partition coefficient (Wildman–Crippen LogP) is 4.65. The molecule has 0 radical (unpaired) electrons. The van der Waals surface area contributed by atoms with E-state index in [0.29, 0.717) is 10.8 Å². The van der Waals surface area contributed by atoms with Crippen LogP contribution in [0.4, 0.5) is 5.69 Å². The molecule has 18 heavy (non-hydrogen) atoms. The molecule has 0 aliphatic rings. The molecule has 5 heteroatoms. The lowest BCUT2D eigenvalue weighted by Gasteiger charge is -2.15. The van der Waals surface area contributed by atoms with Crippen molar-refractivity contribution in [1.82, 2.24) is 4.98 Å². The Morgan fingerprint density at radius 1 is 1.44 bits per heavy atom. The molecule has 0 spiro atoms. The van der Waals surface area contributed by atoms with Crippen molar-refractivity contribution in [3.8, 4) is 0 Å². The molecule has 1 N–H and O–H groups in total. The summed E-state index contributed by atoms with van der Waals surface area (Å²) in [6.45, 7) is 4.17. The number of aromatic nitrogens is 1. The van der Waals surface area contributed by atoms with E-state index in [9.17, 15) is 4.79 Å². The number of carbonyl (C=O) groups excluding carboxylic acids is 1. The molecule has 0 unspecified atom stereocenters. The Morgan fingerprint density at radius 3 is 2.61 bits per heavy atom. The van der Waals surface area contributed by atoms with E-state index in [1.54, 1.807) is 12.3 Å². The second-order valence-electron chi connectivity index (χ2n) is 4.26. The largest absolute Gasteiger partial charge is 0.323 e. The van der Waals surface area contributed by atoms with Crippen LogP contribution in [-0.2, 0) is 4.79 Å². The van der Waals surface area contributed by atoms with Crippen LogP contribution in [0.25, 0.3) is 0 Å². The first-order chi connectivity index (χ1) is 8.58. The van der Waals surface area contributed by atoms with Crippen molar-refractivity contribution in [1.29, 1.82) is 0 Å². The lowest BCUT2D eigenvalue weighted by Crippen LogP contribution is -2.23. The molecule has 0 aromatic carbocycles. The molecule has 3 nitrogen and oxygen atoms in total. The normalized spacial score (nSPS) is 10.7. The maximum Gasteiger partial charge on any atom is 0.227 e. The fraction of sp³-hybridized carbons (Fsp3) is 0.538. The Labute approximate surface area is 121 Å². The molecule has 1 amide bonds. The predicted molar refractivity (Wildman–Crippen MR) is 78.9 cm³/mol. The molecule has 0 bridgehead atoms. The van der Waals surface area contributed by atoms with Crippen molar-refractivity contribution in [3.05, 3.63) is 21.9 Å². The second-order valence-corrected chi connectivity index (χ2v) is 5.53. The van der Waals surface area contributed by atoms with Gasteiger partial charge in [0, 0.05) is 16.6 Å². The fourth-order valence-electron chi connectivity index (χ4n) is 1.85. The minimum Gasteiger partial charge on any atom is -0.323 e. The van der Waals surface area contributed by atoms with Crippen LogP contribution >= 0.6 is 27.5 Å². The van der Waals surface area contributed by atoms with Gasteiger partial charge in [0.15, 0.2) is 5.15 Å². The smallest absolute Gasteiger partial charge is 0.227 e. The quantitative estimate of drug-likeness (QED) is 0.770. The fourth-order valence-corrected chi connectivity index (χ4v) is 2.33. The number of rotatable bonds is 6. The van der Waals surface area contributed by atoms with E-state index < -0.39 is 0 Å². The van der Waals surface area contributed by atoms with Crippen molar-refractivity contribution >= 4 is 39.1 Å². The van der Waals surface area contributed by atoms with Gasteiger partial charge in [-0.3, -0.25) is 4.79 Å². The van der Waals surface area contributed by atoms with Crippen molar-refractivity contribution in [2.75, 3.05) is 5.32 Å². The topological polar surface area (TPSA) is 42.0 Å². The van der Waals surface area contributed by atoms with Crippen molar-refractivity contribution < 1.29 is 4.79 Å². The summed E-state index contributed by atoms with van der Waals surface area (Å²) in [5.41, 5.74) is 0.563. The standard InChI is InChI=1S/C13H18BrClN2O/c1-3-5-9(6-4-2)13(18)17-11-7-10(14)8-16-12(11)15/h7-9H,3-6H2,1-2H3,(H,17,18). The number of hydrogen-bond donors (Lipinski definition) is 1. The van der Waals surface area contributed by atoms with Crippen molar-refractivity contribution in [2.45, 2.75) is 39.5 Å². The Morgan fingerprint density at radius 2 is 2.06 bits per heavy atom. The average Bonchev–Trinajstić information content (AvgIpc) is 2.33. The molecule has 1 aromatic heterocycles. The first kappa shape index (κ1) is 15.4. The first-order valence-corrected chi connectivity index (χ1v) is 7.37. The minimum atomic E-state index is 0.0282. The van der Waals surface area contributed by atoms with Crippen LogP contribution in [0.3, 0.4) is 0 Å². The highest BCUT2D eigenvalue weighted by molar-refractivity contribution is 9.10. The number of anilines is 1. The van der Waals surface area contributed by atoms with E-state index in [-0.39, 0.29) is 11.8 Å². The van der Waals surface area contributed by atoms with Crippen LogP contribution in [0.15, 0.2) is 16.7 Å². The summed E-state index contributed by atoms with van der Waals surface area (Å²) in [7, 11) is 0. The van der Waals surface area contributed by atoms with Gasteiger partial charge in [-0.2, -0.15) is 0 Å².